The Hall–Kier alpha value is -1.57. The first-order valence-corrected chi connectivity index (χ1v) is 16.4. The monoisotopic (exact) mass is 593 g/mol. The highest BCUT2D eigenvalue weighted by molar-refractivity contribution is 8.00. The number of hydrogen-bond donors (Lipinski definition) is 3. The van der Waals surface area contributed by atoms with Crippen molar-refractivity contribution >= 4 is 17.3 Å². The number of thioether (sulfide) groups is 1. The van der Waals surface area contributed by atoms with Gasteiger partial charge in [-0.3, -0.25) is 18.8 Å². The van der Waals surface area contributed by atoms with Gasteiger partial charge in [0.2, 0.25) is 0 Å². The number of alkyl halides is 3. The molecule has 6 atom stereocenters. The fourth-order valence-corrected chi connectivity index (χ4v) is 9.59. The van der Waals surface area contributed by atoms with E-state index in [1.807, 2.05) is 11.8 Å². The summed E-state index contributed by atoms with van der Waals surface area (Å²) in [6, 6.07) is 1.68. The van der Waals surface area contributed by atoms with Crippen LogP contribution in [-0.4, -0.2) is 68.9 Å². The van der Waals surface area contributed by atoms with Gasteiger partial charge in [0.15, 0.2) is 0 Å². The van der Waals surface area contributed by atoms with Crippen LogP contribution < -0.4 is 21.9 Å². The molecule has 2 aromatic heterocycles. The number of fused-ring (bicyclic) bond motifs is 2. The van der Waals surface area contributed by atoms with E-state index in [-0.39, 0.29) is 23.4 Å². The van der Waals surface area contributed by atoms with Crippen molar-refractivity contribution in [3.63, 3.8) is 0 Å². The third-order valence-electron chi connectivity index (χ3n) is 10.6. The van der Waals surface area contributed by atoms with Crippen molar-refractivity contribution in [3.8, 4) is 0 Å². The van der Waals surface area contributed by atoms with Gasteiger partial charge in [0.1, 0.15) is 0 Å². The maximum Gasteiger partial charge on any atom is 0.418 e. The van der Waals surface area contributed by atoms with Crippen molar-refractivity contribution in [2.45, 2.75) is 87.6 Å². The average molecular weight is 594 g/mol. The van der Waals surface area contributed by atoms with Crippen molar-refractivity contribution in [1.29, 1.82) is 0 Å². The lowest BCUT2D eigenvalue weighted by atomic mass is 9.65. The summed E-state index contributed by atoms with van der Waals surface area (Å²) >= 11 is 1.89. The first-order valence-electron chi connectivity index (χ1n) is 15.4. The van der Waals surface area contributed by atoms with Crippen LogP contribution in [0.15, 0.2) is 23.3 Å². The molecule has 2 aromatic rings. The number of hydrogen-bond acceptors (Lipinski definition) is 7. The van der Waals surface area contributed by atoms with Gasteiger partial charge in [-0.05, 0) is 62.1 Å². The fraction of sp³-hybridized carbons (Fsp3) is 0.759. The number of hydrazine groups is 1. The summed E-state index contributed by atoms with van der Waals surface area (Å²) in [4.78, 5) is 18.4. The predicted molar refractivity (Wildman–Crippen MR) is 154 cm³/mol. The summed E-state index contributed by atoms with van der Waals surface area (Å²) in [5, 5.41) is 3.98. The van der Waals surface area contributed by atoms with Crippen LogP contribution in [0, 0.1) is 17.8 Å². The van der Waals surface area contributed by atoms with E-state index < -0.39 is 11.7 Å². The van der Waals surface area contributed by atoms with Gasteiger partial charge < -0.3 is 5.32 Å². The summed E-state index contributed by atoms with van der Waals surface area (Å²) in [5.74, 6) is 2.49. The van der Waals surface area contributed by atoms with Crippen LogP contribution in [0.4, 0.5) is 13.2 Å². The van der Waals surface area contributed by atoms with Crippen LogP contribution in [0.1, 0.15) is 68.5 Å². The first-order chi connectivity index (χ1) is 19.8. The number of nitrogens with zero attached hydrogens (tertiary/aromatic N) is 4. The molecule has 0 amide bonds. The Balaban J connectivity index is 1.17. The normalized spacial score (nSPS) is 32.8. The van der Waals surface area contributed by atoms with Gasteiger partial charge >= 0.3 is 11.9 Å². The summed E-state index contributed by atoms with van der Waals surface area (Å²) in [6.07, 6.45) is 7.36. The lowest BCUT2D eigenvalue weighted by Gasteiger charge is -2.46. The van der Waals surface area contributed by atoms with E-state index in [1.165, 1.54) is 35.9 Å². The Bertz CT molecular complexity index is 1310. The lowest BCUT2D eigenvalue weighted by molar-refractivity contribution is -0.136. The molecule has 3 N–H and O–H groups in total. The number of rotatable bonds is 6. The molecule has 3 saturated heterocycles. The van der Waals surface area contributed by atoms with Gasteiger partial charge in [0, 0.05) is 55.2 Å². The van der Waals surface area contributed by atoms with Crippen LogP contribution in [-0.2, 0) is 12.7 Å². The molecule has 2 aliphatic carbocycles. The number of likely N-dealkylation sites (tertiary alicyclic amines) is 1. The zero-order chi connectivity index (χ0) is 28.3. The van der Waals surface area contributed by atoms with Gasteiger partial charge in [-0.1, -0.05) is 25.7 Å². The van der Waals surface area contributed by atoms with E-state index in [2.05, 4.69) is 33.0 Å². The Morgan fingerprint density at radius 2 is 1.90 bits per heavy atom. The van der Waals surface area contributed by atoms with E-state index in [0.717, 1.165) is 57.7 Å². The molecule has 5 aliphatic rings. The molecule has 41 heavy (non-hydrogen) atoms. The van der Waals surface area contributed by atoms with E-state index in [0.29, 0.717) is 41.2 Å². The Labute approximate surface area is 243 Å². The molecule has 3 aliphatic heterocycles. The van der Waals surface area contributed by atoms with Gasteiger partial charge in [-0.15, -0.1) is 11.8 Å². The number of imidazole rings is 1. The largest absolute Gasteiger partial charge is 0.418 e. The second kappa shape index (κ2) is 11.2. The Morgan fingerprint density at radius 1 is 1.10 bits per heavy atom. The molecule has 8 nitrogen and oxygen atoms in total. The number of halogens is 3. The molecule has 0 aromatic carbocycles. The molecular weight excluding hydrogens is 551 g/mol. The third kappa shape index (κ3) is 5.37. The Kier molecular flexibility index (Phi) is 7.69. The highest BCUT2D eigenvalue weighted by Gasteiger charge is 2.44. The van der Waals surface area contributed by atoms with E-state index in [9.17, 15) is 18.0 Å². The summed E-state index contributed by atoms with van der Waals surface area (Å²) < 4.78 is 46.1. The SMILES string of the molecule is CN1CNNC1[C@H](C1CCC1)C1CCCC(n2cc3c(C(F)(F)F)cc(CN4CCC5NCSC5C4)cn3c2=O)C1. The molecule has 5 unspecified atom stereocenters. The summed E-state index contributed by atoms with van der Waals surface area (Å²) in [7, 11) is 2.14. The summed E-state index contributed by atoms with van der Waals surface area (Å²) in [5.41, 5.74) is 6.24. The van der Waals surface area contributed by atoms with Crippen LogP contribution in [0.25, 0.3) is 5.52 Å². The predicted octanol–water partition coefficient (Wildman–Crippen LogP) is 3.83. The topological polar surface area (TPSA) is 69.0 Å². The first kappa shape index (κ1) is 28.2. The number of pyridine rings is 1. The highest BCUT2D eigenvalue weighted by Crippen LogP contribution is 2.47. The molecular formula is C29H42F3N7OS. The van der Waals surface area contributed by atoms with Crippen molar-refractivity contribution in [2.24, 2.45) is 17.8 Å². The van der Waals surface area contributed by atoms with E-state index >= 15 is 0 Å². The molecule has 0 bridgehead atoms. The fourth-order valence-electron chi connectivity index (χ4n) is 8.29. The maximum atomic E-state index is 14.4. The molecule has 226 valence electrons. The molecule has 0 radical (unpaired) electrons. The Morgan fingerprint density at radius 3 is 2.63 bits per heavy atom. The second-order valence-corrected chi connectivity index (χ2v) is 14.3. The third-order valence-corrected chi connectivity index (χ3v) is 11.8. The van der Waals surface area contributed by atoms with Crippen molar-refractivity contribution in [2.75, 3.05) is 32.7 Å². The quantitative estimate of drug-likeness (QED) is 0.471. The highest BCUT2D eigenvalue weighted by atomic mass is 32.2. The van der Waals surface area contributed by atoms with Crippen LogP contribution in [0.2, 0.25) is 0 Å². The van der Waals surface area contributed by atoms with Crippen LogP contribution in [0.3, 0.4) is 0 Å². The van der Waals surface area contributed by atoms with Crippen molar-refractivity contribution < 1.29 is 13.2 Å². The zero-order valence-electron chi connectivity index (χ0n) is 23.7. The summed E-state index contributed by atoms with van der Waals surface area (Å²) in [6.45, 7) is 2.91. The number of piperidine rings is 1. The average Bonchev–Trinajstić information content (AvgIpc) is 3.64. The molecule has 0 spiro atoms. The lowest BCUT2D eigenvalue weighted by Crippen LogP contribution is -2.50. The molecule has 5 heterocycles. The zero-order valence-corrected chi connectivity index (χ0v) is 24.5. The van der Waals surface area contributed by atoms with Gasteiger partial charge in [-0.2, -0.15) is 13.2 Å². The minimum Gasteiger partial charge on any atom is -0.304 e. The standard InChI is InChI=1S/C29H42F3N7OS/c1-36-16-34-35-27(36)26(19-4-2-5-19)20-6-3-7-21(11-20)38-14-24-22(29(30,31)32)10-18(13-39(24)28(38)40)12-37-9-8-23-25(15-37)41-17-33-23/h10,13-14,19-21,23,25-27,33-35H,2-9,11-12,15-17H2,1H3/t20?,21?,23?,25?,26-,27?/m1/s1. The molecule has 7 rings (SSSR count). The van der Waals surface area contributed by atoms with Crippen molar-refractivity contribution in [3.05, 3.63) is 40.1 Å². The second-order valence-electron chi connectivity index (χ2n) is 13.0. The molecule has 5 fully saturated rings. The minimum absolute atomic E-state index is 0.0282. The van der Waals surface area contributed by atoms with Crippen molar-refractivity contribution in [1.82, 2.24) is 34.9 Å². The molecule has 12 heteroatoms. The number of nitrogens with one attached hydrogen (secondary N) is 3. The number of aromatic nitrogens is 2. The maximum absolute atomic E-state index is 14.4. The van der Waals surface area contributed by atoms with Gasteiger partial charge in [0.05, 0.1) is 23.9 Å². The smallest absolute Gasteiger partial charge is 0.304 e. The van der Waals surface area contributed by atoms with Crippen LogP contribution in [0.5, 0.6) is 0 Å². The van der Waals surface area contributed by atoms with E-state index in [4.69, 9.17) is 0 Å². The van der Waals surface area contributed by atoms with Gasteiger partial charge in [-0.25, -0.2) is 15.6 Å². The van der Waals surface area contributed by atoms with Crippen LogP contribution >= 0.6 is 11.8 Å². The van der Waals surface area contributed by atoms with Gasteiger partial charge in [0.25, 0.3) is 0 Å². The van der Waals surface area contributed by atoms with E-state index in [1.54, 1.807) is 10.8 Å². The molecule has 2 saturated carbocycles. The minimum atomic E-state index is -4.53.